The van der Waals surface area contributed by atoms with Crippen molar-refractivity contribution in [1.29, 1.82) is 0 Å². The summed E-state index contributed by atoms with van der Waals surface area (Å²) in [6.45, 7) is 1.86. The Morgan fingerprint density at radius 1 is 0.516 bits per heavy atom. The van der Waals surface area contributed by atoms with Crippen LogP contribution in [-0.2, 0) is 13.0 Å². The van der Waals surface area contributed by atoms with Gasteiger partial charge >= 0.3 is 47.6 Å². The number of benzene rings is 4. The first-order valence-electron chi connectivity index (χ1n) is 18.4. The SMILES string of the molecule is CCCN(Cc1ccc(CCC(F)(F)C(F)(F)C(F)(F)C(F)(F)C(F)(F)C(F)(F)C(F)(F)C(F)(F)F)cc1)N=Nc1ccc(/C=C/c2ccc(/C=C/c3ccc(I)cc3)cc2)cc1F. The first-order chi connectivity index (χ1) is 29.4. The third kappa shape index (κ3) is 10.8. The molecule has 4 aromatic carbocycles. The summed E-state index contributed by atoms with van der Waals surface area (Å²) in [5.41, 5.74) is 3.11. The van der Waals surface area contributed by atoms with E-state index in [4.69, 9.17) is 0 Å². The summed E-state index contributed by atoms with van der Waals surface area (Å²) in [5.74, 6) is -57.3. The number of alkyl halides is 17. The second-order valence-electron chi connectivity index (χ2n) is 14.1. The fourth-order valence-electron chi connectivity index (χ4n) is 5.59. The van der Waals surface area contributed by atoms with E-state index < -0.39 is 71.9 Å². The van der Waals surface area contributed by atoms with E-state index in [1.54, 1.807) is 25.1 Å². The van der Waals surface area contributed by atoms with Crippen LogP contribution in [0.3, 0.4) is 0 Å². The predicted octanol–water partition coefficient (Wildman–Crippen LogP) is 15.6. The van der Waals surface area contributed by atoms with Gasteiger partial charge in [0.1, 0.15) is 5.69 Å². The molecule has 0 aliphatic heterocycles. The number of rotatable bonds is 19. The molecule has 0 atom stereocenters. The van der Waals surface area contributed by atoms with Crippen LogP contribution in [0, 0.1) is 9.39 Å². The van der Waals surface area contributed by atoms with Crippen molar-refractivity contribution in [3.8, 4) is 0 Å². The Morgan fingerprint density at radius 2 is 0.922 bits per heavy atom. The molecule has 0 aliphatic rings. The summed E-state index contributed by atoms with van der Waals surface area (Å²) < 4.78 is 247. The lowest BCUT2D eigenvalue weighted by Gasteiger charge is -2.42. The van der Waals surface area contributed by atoms with E-state index in [9.17, 15) is 79.0 Å². The Labute approximate surface area is 366 Å². The van der Waals surface area contributed by atoms with Crippen LogP contribution in [0.2, 0.25) is 0 Å². The van der Waals surface area contributed by atoms with E-state index in [0.29, 0.717) is 17.5 Å². The lowest BCUT2D eigenvalue weighted by molar-refractivity contribution is -0.461. The normalized spacial score (nSPS) is 14.1. The van der Waals surface area contributed by atoms with Gasteiger partial charge in [-0.05, 0) is 93.1 Å². The molecule has 3 nitrogen and oxygen atoms in total. The van der Waals surface area contributed by atoms with E-state index in [1.807, 2.05) is 60.7 Å². The van der Waals surface area contributed by atoms with Crippen molar-refractivity contribution in [3.05, 3.63) is 134 Å². The number of aryl methyl sites for hydroxylation is 1. The molecular weight excluding hydrogens is 1020 g/mol. The van der Waals surface area contributed by atoms with Crippen LogP contribution in [0.5, 0.6) is 0 Å². The Morgan fingerprint density at radius 3 is 1.38 bits per heavy atom. The highest BCUT2D eigenvalue weighted by atomic mass is 127. The summed E-state index contributed by atoms with van der Waals surface area (Å²) in [5, 5.41) is 9.26. The molecule has 0 spiro atoms. The summed E-state index contributed by atoms with van der Waals surface area (Å²) in [6, 6.07) is 24.0. The summed E-state index contributed by atoms with van der Waals surface area (Å²) in [4.78, 5) is 0. The second kappa shape index (κ2) is 19.4. The molecule has 0 aliphatic carbocycles. The Hall–Kier alpha value is -4.77. The fourth-order valence-corrected chi connectivity index (χ4v) is 5.95. The van der Waals surface area contributed by atoms with Crippen LogP contribution in [-0.4, -0.2) is 59.2 Å². The average Bonchev–Trinajstić information content (AvgIpc) is 3.21. The molecule has 22 heteroatoms. The zero-order valence-electron chi connectivity index (χ0n) is 32.5. The highest BCUT2D eigenvalue weighted by Crippen LogP contribution is 2.64. The zero-order valence-corrected chi connectivity index (χ0v) is 34.7. The molecule has 0 saturated heterocycles. The second-order valence-corrected chi connectivity index (χ2v) is 15.4. The van der Waals surface area contributed by atoms with Gasteiger partial charge in [0.15, 0.2) is 5.82 Å². The van der Waals surface area contributed by atoms with Crippen molar-refractivity contribution in [2.24, 2.45) is 10.3 Å². The van der Waals surface area contributed by atoms with Gasteiger partial charge in [-0.3, -0.25) is 5.01 Å². The number of hydrogen-bond acceptors (Lipinski definition) is 2. The largest absolute Gasteiger partial charge is 0.460 e. The lowest BCUT2D eigenvalue weighted by atomic mass is 9.87. The van der Waals surface area contributed by atoms with Gasteiger partial charge in [-0.2, -0.15) is 74.6 Å². The number of nitrogens with zero attached hydrogens (tertiary/aromatic N) is 3. The smallest absolute Gasteiger partial charge is 0.274 e. The van der Waals surface area contributed by atoms with Crippen LogP contribution in [0.4, 0.5) is 84.7 Å². The summed E-state index contributed by atoms with van der Waals surface area (Å²) >= 11 is 2.22. The van der Waals surface area contributed by atoms with Crippen molar-refractivity contribution >= 4 is 52.6 Å². The van der Waals surface area contributed by atoms with E-state index in [0.717, 1.165) is 32.4 Å². The average molecular weight is 1050 g/mol. The first kappa shape index (κ1) is 51.9. The maximum Gasteiger partial charge on any atom is 0.460 e. The Kier molecular flexibility index (Phi) is 15.7. The topological polar surface area (TPSA) is 28.0 Å². The van der Waals surface area contributed by atoms with Crippen LogP contribution >= 0.6 is 22.6 Å². The Balaban J connectivity index is 1.38. The van der Waals surface area contributed by atoms with Crippen LogP contribution in [0.15, 0.2) is 101 Å². The van der Waals surface area contributed by atoms with Crippen LogP contribution < -0.4 is 0 Å². The maximum atomic E-state index is 15.0. The number of hydrogen-bond donors (Lipinski definition) is 0. The van der Waals surface area contributed by atoms with E-state index in [2.05, 4.69) is 32.9 Å². The maximum absolute atomic E-state index is 15.0. The molecule has 4 aromatic rings. The molecule has 64 heavy (non-hydrogen) atoms. The van der Waals surface area contributed by atoms with Gasteiger partial charge in [0.05, 0.1) is 6.54 Å². The van der Waals surface area contributed by atoms with Gasteiger partial charge < -0.3 is 0 Å². The van der Waals surface area contributed by atoms with Crippen molar-refractivity contribution in [2.45, 2.75) is 80.4 Å². The summed E-state index contributed by atoms with van der Waals surface area (Å²) in [6.07, 6.45) is -3.92. The minimum atomic E-state index is -8.67. The molecule has 0 amide bonds. The van der Waals surface area contributed by atoms with Gasteiger partial charge in [0, 0.05) is 16.5 Å². The van der Waals surface area contributed by atoms with Crippen LogP contribution in [0.1, 0.15) is 53.1 Å². The van der Waals surface area contributed by atoms with Gasteiger partial charge in [-0.1, -0.05) is 103 Å². The quantitative estimate of drug-likeness (QED) is 0.0302. The molecule has 0 heterocycles. The molecule has 348 valence electrons. The third-order valence-corrected chi connectivity index (χ3v) is 10.1. The highest BCUT2D eigenvalue weighted by molar-refractivity contribution is 14.1. The molecule has 0 aromatic heterocycles. The van der Waals surface area contributed by atoms with Gasteiger partial charge in [0.25, 0.3) is 0 Å². The monoisotopic (exact) mass is 1050 g/mol. The molecule has 0 N–H and O–H groups in total. The van der Waals surface area contributed by atoms with Gasteiger partial charge in [-0.15, -0.1) is 5.11 Å². The molecule has 0 saturated carbocycles. The molecule has 0 radical (unpaired) electrons. The molecule has 4 rings (SSSR count). The molecule has 0 fully saturated rings. The predicted molar refractivity (Wildman–Crippen MR) is 211 cm³/mol. The zero-order chi connectivity index (χ0) is 48.2. The van der Waals surface area contributed by atoms with E-state index in [1.165, 1.54) is 29.3 Å². The van der Waals surface area contributed by atoms with Crippen molar-refractivity contribution in [1.82, 2.24) is 5.01 Å². The van der Waals surface area contributed by atoms with Crippen molar-refractivity contribution in [3.63, 3.8) is 0 Å². The highest BCUT2D eigenvalue weighted by Gasteiger charge is 2.95. The first-order valence-corrected chi connectivity index (χ1v) is 19.5. The molecule has 0 unspecified atom stereocenters. The van der Waals surface area contributed by atoms with Gasteiger partial charge in [-0.25, -0.2) is 4.39 Å². The summed E-state index contributed by atoms with van der Waals surface area (Å²) in [7, 11) is 0. The van der Waals surface area contributed by atoms with E-state index in [-0.39, 0.29) is 18.8 Å². The third-order valence-electron chi connectivity index (χ3n) is 9.38. The van der Waals surface area contributed by atoms with Crippen molar-refractivity contribution in [2.75, 3.05) is 6.54 Å². The van der Waals surface area contributed by atoms with E-state index >= 15 is 0 Å². The molecular formula is C42H32F18IN3. The lowest BCUT2D eigenvalue weighted by Crippen LogP contribution is -2.74. The number of halogens is 19. The standard InChI is InChI=1S/C42H32F18IN3/c1-2-23-64(63-62-34-20-17-30(24-33(34)43)12-9-27-5-3-26(4-6-27)7-8-28-15-18-32(61)19-16-28)25-31-13-10-29(11-14-31)21-22-35(44,45)36(46,47)37(48,49)38(50,51)39(52,53)40(54,55)41(56,57)42(58,59)60/h3-20,24H,2,21-23,25H2,1H3/b8-7+,12-9+,63-62?. The molecule has 0 bridgehead atoms. The van der Waals surface area contributed by atoms with Crippen LogP contribution in [0.25, 0.3) is 24.3 Å². The van der Waals surface area contributed by atoms with Crippen molar-refractivity contribution < 1.29 is 79.0 Å². The Bertz CT molecular complexity index is 2270. The minimum Gasteiger partial charge on any atom is -0.274 e. The van der Waals surface area contributed by atoms with Gasteiger partial charge in [0.2, 0.25) is 0 Å². The fraction of sp³-hybridized carbons (Fsp3) is 0.333. The minimum absolute atomic E-state index is 0.0952.